The lowest BCUT2D eigenvalue weighted by Crippen LogP contribution is -2.64. The van der Waals surface area contributed by atoms with Crippen molar-refractivity contribution < 1.29 is 17.9 Å². The molecule has 1 saturated heterocycles. The normalized spacial score (nSPS) is 29.5. The number of rotatable bonds is 4. The van der Waals surface area contributed by atoms with Crippen molar-refractivity contribution >= 4 is 28.6 Å². The number of benzene rings is 1. The molecular weight excluding hydrogens is 326 g/mol. The van der Waals surface area contributed by atoms with Crippen LogP contribution in [-0.4, -0.2) is 43.1 Å². The highest BCUT2D eigenvalue weighted by Gasteiger charge is 2.60. The smallest absolute Gasteiger partial charge is 0.314 e. The number of carbonyl (C=O) groups excluding carboxylic acids is 1. The van der Waals surface area contributed by atoms with E-state index in [9.17, 15) is 13.2 Å². The molecule has 1 heterocycles. The molecular formula is C13H19N3O4S2. The number of nitrogens with two attached hydrogens (primary N) is 2. The quantitative estimate of drug-likeness (QED) is 0.500. The molecule has 0 radical (unpaired) electrons. The first kappa shape index (κ1) is 17.2. The van der Waals surface area contributed by atoms with Crippen LogP contribution in [0.3, 0.4) is 0 Å². The Balaban J connectivity index is 2.20. The Labute approximate surface area is 135 Å². The van der Waals surface area contributed by atoms with Gasteiger partial charge in [0.2, 0.25) is 15.0 Å². The SMILES string of the molecule is CN1CC(S)C(C(=O)OCc2ccccc2)C1(N)S(N)(=O)=O. The van der Waals surface area contributed by atoms with E-state index in [2.05, 4.69) is 12.6 Å². The van der Waals surface area contributed by atoms with Crippen molar-refractivity contribution in [3.8, 4) is 0 Å². The summed E-state index contributed by atoms with van der Waals surface area (Å²) in [5, 5.41) is 4.64. The van der Waals surface area contributed by atoms with Gasteiger partial charge in [0, 0.05) is 11.8 Å². The monoisotopic (exact) mass is 345 g/mol. The largest absolute Gasteiger partial charge is 0.460 e. The summed E-state index contributed by atoms with van der Waals surface area (Å²) in [7, 11) is -2.72. The predicted octanol–water partition coefficient (Wildman–Crippen LogP) is -0.509. The van der Waals surface area contributed by atoms with E-state index in [0.29, 0.717) is 0 Å². The minimum absolute atomic E-state index is 0.0289. The van der Waals surface area contributed by atoms with Crippen molar-refractivity contribution in [2.45, 2.75) is 16.9 Å². The number of likely N-dealkylation sites (tertiary alicyclic amines) is 1. The minimum atomic E-state index is -4.21. The van der Waals surface area contributed by atoms with Crippen LogP contribution in [0.25, 0.3) is 0 Å². The molecule has 0 amide bonds. The molecule has 0 aromatic heterocycles. The van der Waals surface area contributed by atoms with Crippen molar-refractivity contribution in [1.82, 2.24) is 4.90 Å². The molecule has 0 bridgehead atoms. The predicted molar refractivity (Wildman–Crippen MR) is 85.2 cm³/mol. The summed E-state index contributed by atoms with van der Waals surface area (Å²) >= 11 is 4.27. The van der Waals surface area contributed by atoms with Crippen LogP contribution in [0.5, 0.6) is 0 Å². The first-order valence-corrected chi connectivity index (χ1v) is 8.65. The van der Waals surface area contributed by atoms with E-state index in [0.717, 1.165) is 5.56 Å². The lowest BCUT2D eigenvalue weighted by molar-refractivity contribution is -0.151. The van der Waals surface area contributed by atoms with E-state index in [1.807, 2.05) is 18.2 Å². The van der Waals surface area contributed by atoms with Gasteiger partial charge in [-0.15, -0.1) is 0 Å². The number of ether oxygens (including phenoxy) is 1. The van der Waals surface area contributed by atoms with E-state index in [-0.39, 0.29) is 13.2 Å². The van der Waals surface area contributed by atoms with Gasteiger partial charge in [-0.25, -0.2) is 13.6 Å². The zero-order chi connectivity index (χ0) is 16.5. The Bertz CT molecular complexity index is 653. The van der Waals surface area contributed by atoms with Crippen molar-refractivity contribution in [3.63, 3.8) is 0 Å². The molecule has 1 aromatic carbocycles. The van der Waals surface area contributed by atoms with Gasteiger partial charge in [-0.1, -0.05) is 30.3 Å². The molecule has 122 valence electrons. The number of esters is 1. The highest BCUT2D eigenvalue weighted by molar-refractivity contribution is 7.90. The fourth-order valence-electron chi connectivity index (χ4n) is 2.58. The summed E-state index contributed by atoms with van der Waals surface area (Å²) in [6, 6.07) is 9.05. The molecule has 1 aliphatic rings. The Morgan fingerprint density at radius 3 is 2.59 bits per heavy atom. The zero-order valence-electron chi connectivity index (χ0n) is 12.0. The maximum Gasteiger partial charge on any atom is 0.314 e. The number of sulfonamides is 1. The van der Waals surface area contributed by atoms with Crippen LogP contribution >= 0.6 is 12.6 Å². The third-order valence-corrected chi connectivity index (χ3v) is 5.76. The third-order valence-electron chi connectivity index (χ3n) is 3.82. The molecule has 1 fully saturated rings. The highest BCUT2D eigenvalue weighted by atomic mass is 32.2. The topological polar surface area (TPSA) is 116 Å². The van der Waals surface area contributed by atoms with Gasteiger partial charge in [0.1, 0.15) is 12.5 Å². The fraction of sp³-hybridized carbons (Fsp3) is 0.462. The summed E-state index contributed by atoms with van der Waals surface area (Å²) < 4.78 is 28.9. The zero-order valence-corrected chi connectivity index (χ0v) is 13.8. The average molecular weight is 345 g/mol. The molecule has 0 saturated carbocycles. The second-order valence-electron chi connectivity index (χ2n) is 5.32. The summed E-state index contributed by atoms with van der Waals surface area (Å²) in [4.78, 5) is 11.6. The molecule has 4 N–H and O–H groups in total. The number of hydrogen-bond donors (Lipinski definition) is 3. The lowest BCUT2D eigenvalue weighted by atomic mass is 10.1. The van der Waals surface area contributed by atoms with Gasteiger partial charge < -0.3 is 4.74 Å². The molecule has 0 spiro atoms. The number of nitrogens with zero attached hydrogens (tertiary/aromatic N) is 1. The van der Waals surface area contributed by atoms with E-state index in [1.54, 1.807) is 12.1 Å². The van der Waals surface area contributed by atoms with E-state index >= 15 is 0 Å². The lowest BCUT2D eigenvalue weighted by Gasteiger charge is -2.33. The maximum atomic E-state index is 12.3. The van der Waals surface area contributed by atoms with Crippen LogP contribution in [0.4, 0.5) is 0 Å². The minimum Gasteiger partial charge on any atom is -0.460 e. The molecule has 22 heavy (non-hydrogen) atoms. The summed E-state index contributed by atoms with van der Waals surface area (Å²) in [6.45, 7) is 0.238. The van der Waals surface area contributed by atoms with Gasteiger partial charge in [-0.2, -0.15) is 12.6 Å². The molecule has 1 aromatic rings. The van der Waals surface area contributed by atoms with Crippen LogP contribution in [0.1, 0.15) is 5.56 Å². The Morgan fingerprint density at radius 2 is 2.05 bits per heavy atom. The average Bonchev–Trinajstić information content (AvgIpc) is 2.68. The number of primary sulfonamides is 1. The highest BCUT2D eigenvalue weighted by Crippen LogP contribution is 2.36. The van der Waals surface area contributed by atoms with E-state index in [1.165, 1.54) is 11.9 Å². The van der Waals surface area contributed by atoms with Crippen molar-refractivity contribution in [1.29, 1.82) is 0 Å². The van der Waals surface area contributed by atoms with Crippen molar-refractivity contribution in [3.05, 3.63) is 35.9 Å². The second-order valence-corrected chi connectivity index (χ2v) is 7.72. The van der Waals surface area contributed by atoms with E-state index in [4.69, 9.17) is 15.6 Å². The van der Waals surface area contributed by atoms with Gasteiger partial charge >= 0.3 is 5.97 Å². The van der Waals surface area contributed by atoms with Gasteiger partial charge in [-0.05, 0) is 12.6 Å². The van der Waals surface area contributed by atoms with Gasteiger partial charge in [0.25, 0.3) is 0 Å². The molecule has 0 aliphatic carbocycles. The number of hydrogen-bond acceptors (Lipinski definition) is 7. The fourth-order valence-corrected chi connectivity index (χ4v) is 4.40. The maximum absolute atomic E-state index is 12.3. The Morgan fingerprint density at radius 1 is 1.45 bits per heavy atom. The Kier molecular flexibility index (Phi) is 4.83. The molecule has 9 heteroatoms. The third kappa shape index (κ3) is 2.99. The van der Waals surface area contributed by atoms with Crippen LogP contribution in [0.15, 0.2) is 30.3 Å². The number of carbonyl (C=O) groups is 1. The van der Waals surface area contributed by atoms with Crippen LogP contribution in [0.2, 0.25) is 0 Å². The number of thiol groups is 1. The molecule has 1 aliphatic heterocycles. The summed E-state index contributed by atoms with van der Waals surface area (Å²) in [5.41, 5.74) is 6.74. The first-order chi connectivity index (χ1) is 10.2. The summed E-state index contributed by atoms with van der Waals surface area (Å²) in [6.07, 6.45) is 0. The summed E-state index contributed by atoms with van der Waals surface area (Å²) in [5.74, 6) is -1.90. The van der Waals surface area contributed by atoms with Crippen molar-refractivity contribution in [2.24, 2.45) is 16.8 Å². The van der Waals surface area contributed by atoms with Crippen molar-refractivity contribution in [2.75, 3.05) is 13.6 Å². The second kappa shape index (κ2) is 6.17. The molecule has 2 rings (SSSR count). The molecule has 7 nitrogen and oxygen atoms in total. The van der Waals surface area contributed by atoms with Gasteiger partial charge in [0.15, 0.2) is 0 Å². The standard InChI is InChI=1S/C13H19N3O4S2/c1-16-7-10(21)11(13(16,14)22(15,18)19)12(17)20-8-9-5-3-2-4-6-9/h2-6,10-11,21H,7-8,14H2,1H3,(H2,15,18,19). The van der Waals surface area contributed by atoms with Crippen LogP contribution in [0, 0.1) is 5.92 Å². The van der Waals surface area contributed by atoms with Crippen LogP contribution in [-0.2, 0) is 26.2 Å². The Hall–Kier alpha value is -1.13. The molecule has 3 atom stereocenters. The van der Waals surface area contributed by atoms with Crippen LogP contribution < -0.4 is 10.9 Å². The van der Waals surface area contributed by atoms with E-state index < -0.39 is 32.2 Å². The van der Waals surface area contributed by atoms with Gasteiger partial charge in [-0.3, -0.25) is 15.4 Å². The van der Waals surface area contributed by atoms with Gasteiger partial charge in [0.05, 0.1) is 0 Å². The first-order valence-electron chi connectivity index (χ1n) is 6.59. The molecule has 3 unspecified atom stereocenters.